The number of nitro benzene ring substituents is 1. The van der Waals surface area contributed by atoms with Crippen molar-refractivity contribution in [1.82, 2.24) is 4.90 Å². The van der Waals surface area contributed by atoms with Crippen LogP contribution in [0.1, 0.15) is 29.6 Å². The number of carbonyl (C=O) groups is 1. The molecule has 0 saturated carbocycles. The lowest BCUT2D eigenvalue weighted by Gasteiger charge is -2.32. The highest BCUT2D eigenvalue weighted by molar-refractivity contribution is 6.01. The van der Waals surface area contributed by atoms with E-state index in [-0.39, 0.29) is 35.4 Å². The molecular weight excluding hydrogens is 274 g/mol. The summed E-state index contributed by atoms with van der Waals surface area (Å²) in [4.78, 5) is 24.5. The number of benzene rings is 1. The first-order valence-corrected chi connectivity index (χ1v) is 6.97. The summed E-state index contributed by atoms with van der Waals surface area (Å²) in [5.41, 5.74) is 5.60. The van der Waals surface area contributed by atoms with Gasteiger partial charge in [-0.15, -0.1) is 0 Å². The molecule has 1 aliphatic rings. The fraction of sp³-hybridized carbons (Fsp3) is 0.500. The molecular formula is C14H19N3O4. The maximum Gasteiger partial charge on any atom is 0.292 e. The van der Waals surface area contributed by atoms with Crippen LogP contribution in [-0.2, 0) is 0 Å². The topological polar surface area (TPSA) is 110 Å². The first kappa shape index (κ1) is 15.2. The lowest BCUT2D eigenvalue weighted by Crippen LogP contribution is -2.40. The van der Waals surface area contributed by atoms with Crippen molar-refractivity contribution in [2.45, 2.75) is 19.3 Å². The molecule has 1 atom stereocenters. The second-order valence-electron chi connectivity index (χ2n) is 5.27. The monoisotopic (exact) mass is 293 g/mol. The third-order valence-electron chi connectivity index (χ3n) is 3.85. The molecule has 1 amide bonds. The molecule has 1 saturated heterocycles. The molecule has 1 heterocycles. The van der Waals surface area contributed by atoms with E-state index in [2.05, 4.69) is 0 Å². The number of amides is 1. The summed E-state index contributed by atoms with van der Waals surface area (Å²) in [6.07, 6.45) is 2.51. The van der Waals surface area contributed by atoms with E-state index in [9.17, 15) is 14.9 Å². The fourth-order valence-electron chi connectivity index (χ4n) is 2.74. The van der Waals surface area contributed by atoms with Gasteiger partial charge in [0.25, 0.3) is 11.6 Å². The van der Waals surface area contributed by atoms with Crippen molar-refractivity contribution in [2.75, 3.05) is 25.4 Å². The van der Waals surface area contributed by atoms with Crippen molar-refractivity contribution in [3.8, 4) is 0 Å². The van der Waals surface area contributed by atoms with Gasteiger partial charge < -0.3 is 15.7 Å². The maximum atomic E-state index is 12.5. The molecule has 1 aromatic carbocycles. The largest absolute Gasteiger partial charge is 0.396 e. The standard InChI is InChI=1S/C14H19N3O4/c15-13-11(4-1-5-12(13)17(20)21)14(19)16-7-2-3-10(9-16)6-8-18/h1,4-5,10,18H,2-3,6-9,15H2. The number of rotatable bonds is 4. The molecule has 1 fully saturated rings. The van der Waals surface area contributed by atoms with Crippen molar-refractivity contribution in [1.29, 1.82) is 0 Å². The Morgan fingerprint density at radius 1 is 1.52 bits per heavy atom. The van der Waals surface area contributed by atoms with Gasteiger partial charge in [0.15, 0.2) is 0 Å². The van der Waals surface area contributed by atoms with Crippen molar-refractivity contribution in [3.63, 3.8) is 0 Å². The van der Waals surface area contributed by atoms with Crippen molar-refractivity contribution in [2.24, 2.45) is 5.92 Å². The van der Waals surface area contributed by atoms with Gasteiger partial charge >= 0.3 is 0 Å². The van der Waals surface area contributed by atoms with Gasteiger partial charge in [-0.2, -0.15) is 0 Å². The summed E-state index contributed by atoms with van der Waals surface area (Å²) in [6, 6.07) is 4.27. The molecule has 0 aliphatic carbocycles. The zero-order valence-corrected chi connectivity index (χ0v) is 11.7. The molecule has 1 unspecified atom stereocenters. The van der Waals surface area contributed by atoms with Crippen LogP contribution in [0, 0.1) is 16.0 Å². The average molecular weight is 293 g/mol. The second-order valence-corrected chi connectivity index (χ2v) is 5.27. The Morgan fingerprint density at radius 3 is 2.95 bits per heavy atom. The van der Waals surface area contributed by atoms with E-state index in [1.54, 1.807) is 4.90 Å². The minimum Gasteiger partial charge on any atom is -0.396 e. The Hall–Kier alpha value is -2.15. The van der Waals surface area contributed by atoms with Crippen LogP contribution in [0.15, 0.2) is 18.2 Å². The number of hydrogen-bond acceptors (Lipinski definition) is 5. The lowest BCUT2D eigenvalue weighted by molar-refractivity contribution is -0.383. The number of nitrogen functional groups attached to an aromatic ring is 1. The van der Waals surface area contributed by atoms with Crippen LogP contribution < -0.4 is 5.73 Å². The van der Waals surface area contributed by atoms with Crippen LogP contribution in [0.5, 0.6) is 0 Å². The number of para-hydroxylation sites is 1. The summed E-state index contributed by atoms with van der Waals surface area (Å²) in [7, 11) is 0. The van der Waals surface area contributed by atoms with E-state index in [1.165, 1.54) is 18.2 Å². The lowest BCUT2D eigenvalue weighted by atomic mass is 9.94. The minimum absolute atomic E-state index is 0.0863. The Bertz CT molecular complexity index is 545. The number of nitro groups is 1. The van der Waals surface area contributed by atoms with Crippen molar-refractivity contribution >= 4 is 17.3 Å². The van der Waals surface area contributed by atoms with E-state index >= 15 is 0 Å². The fourth-order valence-corrected chi connectivity index (χ4v) is 2.74. The molecule has 0 aromatic heterocycles. The van der Waals surface area contributed by atoms with Crippen LogP contribution in [0.4, 0.5) is 11.4 Å². The molecule has 2 rings (SSSR count). The number of carbonyl (C=O) groups excluding carboxylic acids is 1. The van der Waals surface area contributed by atoms with Gasteiger partial charge in [-0.25, -0.2) is 0 Å². The summed E-state index contributed by atoms with van der Waals surface area (Å²) in [5, 5.41) is 19.9. The minimum atomic E-state index is -0.586. The number of aliphatic hydroxyl groups excluding tert-OH is 1. The van der Waals surface area contributed by atoms with E-state index in [1.807, 2.05) is 0 Å². The smallest absolute Gasteiger partial charge is 0.292 e. The molecule has 7 nitrogen and oxygen atoms in total. The number of likely N-dealkylation sites (tertiary alicyclic amines) is 1. The van der Waals surface area contributed by atoms with E-state index < -0.39 is 4.92 Å². The summed E-state index contributed by atoms with van der Waals surface area (Å²) < 4.78 is 0. The zero-order chi connectivity index (χ0) is 15.4. The summed E-state index contributed by atoms with van der Waals surface area (Å²) >= 11 is 0. The van der Waals surface area contributed by atoms with E-state index in [0.29, 0.717) is 19.5 Å². The molecule has 1 aliphatic heterocycles. The van der Waals surface area contributed by atoms with Gasteiger partial charge in [-0.3, -0.25) is 14.9 Å². The molecule has 21 heavy (non-hydrogen) atoms. The van der Waals surface area contributed by atoms with Crippen LogP contribution in [0.25, 0.3) is 0 Å². The van der Waals surface area contributed by atoms with Crippen molar-refractivity contribution < 1.29 is 14.8 Å². The first-order valence-electron chi connectivity index (χ1n) is 6.97. The predicted molar refractivity (Wildman–Crippen MR) is 77.8 cm³/mol. The molecule has 0 spiro atoms. The average Bonchev–Trinajstić information content (AvgIpc) is 2.47. The highest BCUT2D eigenvalue weighted by atomic mass is 16.6. The number of nitrogens with zero attached hydrogens (tertiary/aromatic N) is 2. The Kier molecular flexibility index (Phi) is 4.74. The number of aliphatic hydroxyl groups is 1. The SMILES string of the molecule is Nc1c(C(=O)N2CCCC(CCO)C2)cccc1[N+](=O)[O-]. The maximum absolute atomic E-state index is 12.5. The number of anilines is 1. The molecule has 3 N–H and O–H groups in total. The molecule has 114 valence electrons. The highest BCUT2D eigenvalue weighted by Gasteiger charge is 2.27. The van der Waals surface area contributed by atoms with Crippen molar-refractivity contribution in [3.05, 3.63) is 33.9 Å². The molecule has 7 heteroatoms. The Morgan fingerprint density at radius 2 is 2.29 bits per heavy atom. The van der Waals surface area contributed by atoms with Gasteiger partial charge in [0.05, 0.1) is 10.5 Å². The van der Waals surface area contributed by atoms with E-state index in [4.69, 9.17) is 10.8 Å². The van der Waals surface area contributed by atoms with Crippen LogP contribution in [0.3, 0.4) is 0 Å². The van der Waals surface area contributed by atoms with Crippen LogP contribution in [-0.4, -0.2) is 40.5 Å². The van der Waals surface area contributed by atoms with Gasteiger partial charge in [-0.1, -0.05) is 6.07 Å². The predicted octanol–water partition coefficient (Wildman–Crippen LogP) is 1.41. The number of piperidine rings is 1. The zero-order valence-electron chi connectivity index (χ0n) is 11.7. The van der Waals surface area contributed by atoms with Gasteiger partial charge in [0.2, 0.25) is 0 Å². The summed E-state index contributed by atoms with van der Waals surface area (Å²) in [5.74, 6) is -0.00791. The Balaban J connectivity index is 2.20. The highest BCUT2D eigenvalue weighted by Crippen LogP contribution is 2.28. The van der Waals surface area contributed by atoms with Crippen LogP contribution in [0.2, 0.25) is 0 Å². The molecule has 0 bridgehead atoms. The molecule has 0 radical (unpaired) electrons. The van der Waals surface area contributed by atoms with Crippen LogP contribution >= 0.6 is 0 Å². The first-order chi connectivity index (χ1) is 10.0. The Labute approximate surface area is 122 Å². The molecule has 1 aromatic rings. The number of hydrogen-bond donors (Lipinski definition) is 2. The third kappa shape index (κ3) is 3.30. The van der Waals surface area contributed by atoms with E-state index in [0.717, 1.165) is 12.8 Å². The quantitative estimate of drug-likeness (QED) is 0.495. The normalized spacial score (nSPS) is 18.5. The van der Waals surface area contributed by atoms with Gasteiger partial charge in [-0.05, 0) is 31.2 Å². The third-order valence-corrected chi connectivity index (χ3v) is 3.85. The van der Waals surface area contributed by atoms with Gasteiger partial charge in [0, 0.05) is 25.8 Å². The second kappa shape index (κ2) is 6.53. The number of nitrogens with two attached hydrogens (primary N) is 1. The summed E-state index contributed by atoms with van der Waals surface area (Å²) in [6.45, 7) is 1.27. The van der Waals surface area contributed by atoms with Gasteiger partial charge in [0.1, 0.15) is 5.69 Å².